The fraction of sp³-hybridized carbons (Fsp3) is 0.211. The molecule has 27 heavy (non-hydrogen) atoms. The van der Waals surface area contributed by atoms with E-state index in [0.717, 1.165) is 21.3 Å². The largest absolute Gasteiger partial charge is 0.482 e. The summed E-state index contributed by atoms with van der Waals surface area (Å²) in [6, 6.07) is 11.2. The second-order valence-corrected chi connectivity index (χ2v) is 7.37. The van der Waals surface area contributed by atoms with Crippen LogP contribution in [0.5, 0.6) is 5.75 Å². The SMILES string of the molecule is Cc1cc(Br)cc(Cl)c1OCC(=O)N[C@@H](C)c1ccc(-n2cncn2)cc1. The summed E-state index contributed by atoms with van der Waals surface area (Å²) in [7, 11) is 0. The number of halogens is 2. The molecule has 3 aromatic rings. The van der Waals surface area contributed by atoms with Gasteiger partial charge < -0.3 is 10.1 Å². The molecule has 0 saturated heterocycles. The molecule has 6 nitrogen and oxygen atoms in total. The number of aromatic nitrogens is 3. The van der Waals surface area contributed by atoms with Crippen LogP contribution in [0.1, 0.15) is 24.1 Å². The zero-order valence-corrected chi connectivity index (χ0v) is 17.2. The van der Waals surface area contributed by atoms with Gasteiger partial charge in [0.1, 0.15) is 18.4 Å². The van der Waals surface area contributed by atoms with Crippen molar-refractivity contribution in [3.05, 3.63) is 69.7 Å². The Hall–Kier alpha value is -2.38. The first-order valence-corrected chi connectivity index (χ1v) is 9.44. The first-order valence-electron chi connectivity index (χ1n) is 8.27. The Bertz CT molecular complexity index is 906. The normalized spacial score (nSPS) is 11.9. The lowest BCUT2D eigenvalue weighted by atomic mass is 10.1. The molecule has 0 spiro atoms. The van der Waals surface area contributed by atoms with Gasteiger partial charge in [0, 0.05) is 4.47 Å². The summed E-state index contributed by atoms with van der Waals surface area (Å²) in [5.74, 6) is 0.293. The van der Waals surface area contributed by atoms with Crippen molar-refractivity contribution < 1.29 is 9.53 Å². The third-order valence-corrected chi connectivity index (χ3v) is 4.73. The number of aryl methyl sites for hydroxylation is 1. The van der Waals surface area contributed by atoms with Crippen molar-refractivity contribution in [1.82, 2.24) is 20.1 Å². The minimum atomic E-state index is -0.221. The first-order chi connectivity index (χ1) is 12.9. The molecule has 1 heterocycles. The standard InChI is InChI=1S/C19H18BrClN4O2/c1-12-7-15(20)8-17(21)19(12)27-9-18(26)24-13(2)14-3-5-16(6-4-14)25-11-22-10-23-25/h3-8,10-11,13H,9H2,1-2H3,(H,24,26)/t13-/m0/s1. The molecule has 0 saturated carbocycles. The lowest BCUT2D eigenvalue weighted by molar-refractivity contribution is -0.123. The molecule has 1 atom stereocenters. The van der Waals surface area contributed by atoms with E-state index in [1.807, 2.05) is 44.2 Å². The van der Waals surface area contributed by atoms with Gasteiger partial charge in [-0.1, -0.05) is 39.7 Å². The highest BCUT2D eigenvalue weighted by molar-refractivity contribution is 9.10. The van der Waals surface area contributed by atoms with Crippen molar-refractivity contribution in [3.63, 3.8) is 0 Å². The molecule has 1 N–H and O–H groups in total. The maximum absolute atomic E-state index is 12.2. The monoisotopic (exact) mass is 448 g/mol. The number of hydrogen-bond donors (Lipinski definition) is 1. The summed E-state index contributed by atoms with van der Waals surface area (Å²) in [5.41, 5.74) is 2.74. The third-order valence-electron chi connectivity index (χ3n) is 4.00. The Morgan fingerprint density at radius 1 is 1.33 bits per heavy atom. The number of amides is 1. The van der Waals surface area contributed by atoms with Crippen molar-refractivity contribution in [2.75, 3.05) is 6.61 Å². The van der Waals surface area contributed by atoms with E-state index in [-0.39, 0.29) is 18.6 Å². The molecule has 2 aromatic carbocycles. The average molecular weight is 450 g/mol. The number of nitrogens with one attached hydrogen (secondary N) is 1. The maximum Gasteiger partial charge on any atom is 0.258 e. The van der Waals surface area contributed by atoms with E-state index in [1.165, 1.54) is 6.33 Å². The van der Waals surface area contributed by atoms with Gasteiger partial charge in [0.25, 0.3) is 5.91 Å². The van der Waals surface area contributed by atoms with Gasteiger partial charge in [-0.05, 0) is 49.2 Å². The molecule has 140 valence electrons. The molecule has 0 fully saturated rings. The number of carbonyl (C=O) groups excluding carboxylic acids is 1. The van der Waals surface area contributed by atoms with E-state index in [4.69, 9.17) is 16.3 Å². The van der Waals surface area contributed by atoms with Gasteiger partial charge in [0.05, 0.1) is 16.8 Å². The van der Waals surface area contributed by atoms with Crippen LogP contribution in [0, 0.1) is 6.92 Å². The summed E-state index contributed by atoms with van der Waals surface area (Å²) < 4.78 is 8.14. The van der Waals surface area contributed by atoms with Crippen LogP contribution in [0.3, 0.4) is 0 Å². The minimum absolute atomic E-state index is 0.108. The molecular formula is C19H18BrClN4O2. The molecule has 0 aliphatic heterocycles. The Morgan fingerprint density at radius 2 is 2.07 bits per heavy atom. The lowest BCUT2D eigenvalue weighted by Gasteiger charge is -2.16. The fourth-order valence-electron chi connectivity index (χ4n) is 2.63. The van der Waals surface area contributed by atoms with Crippen molar-refractivity contribution in [2.45, 2.75) is 19.9 Å². The van der Waals surface area contributed by atoms with Crippen LogP contribution in [-0.2, 0) is 4.79 Å². The van der Waals surface area contributed by atoms with E-state index in [9.17, 15) is 4.79 Å². The lowest BCUT2D eigenvalue weighted by Crippen LogP contribution is -2.31. The number of hydrogen-bond acceptors (Lipinski definition) is 4. The number of carbonyl (C=O) groups is 1. The van der Waals surface area contributed by atoms with E-state index in [0.29, 0.717) is 10.8 Å². The second-order valence-electron chi connectivity index (χ2n) is 6.04. The van der Waals surface area contributed by atoms with Crippen LogP contribution in [0.15, 0.2) is 53.5 Å². The third kappa shape index (κ3) is 4.87. The van der Waals surface area contributed by atoms with Gasteiger partial charge in [-0.2, -0.15) is 5.10 Å². The molecule has 0 radical (unpaired) electrons. The molecule has 0 unspecified atom stereocenters. The zero-order valence-electron chi connectivity index (χ0n) is 14.8. The molecule has 1 amide bonds. The van der Waals surface area contributed by atoms with Crippen molar-refractivity contribution in [3.8, 4) is 11.4 Å². The summed E-state index contributed by atoms with van der Waals surface area (Å²) >= 11 is 9.55. The molecule has 0 aliphatic rings. The van der Waals surface area contributed by atoms with Gasteiger partial charge in [0.2, 0.25) is 0 Å². The number of nitrogens with zero attached hydrogens (tertiary/aromatic N) is 3. The Labute approximate surface area is 170 Å². The van der Waals surface area contributed by atoms with Gasteiger partial charge in [-0.3, -0.25) is 4.79 Å². The second kappa shape index (κ2) is 8.54. The van der Waals surface area contributed by atoms with E-state index >= 15 is 0 Å². The smallest absolute Gasteiger partial charge is 0.258 e. The number of ether oxygens (including phenoxy) is 1. The fourth-order valence-corrected chi connectivity index (χ4v) is 3.66. The van der Waals surface area contributed by atoms with Crippen LogP contribution in [-0.4, -0.2) is 27.3 Å². The maximum atomic E-state index is 12.2. The quantitative estimate of drug-likeness (QED) is 0.611. The predicted molar refractivity (Wildman–Crippen MR) is 107 cm³/mol. The molecule has 0 aliphatic carbocycles. The van der Waals surface area contributed by atoms with E-state index in [2.05, 4.69) is 31.3 Å². The van der Waals surface area contributed by atoms with Crippen LogP contribution < -0.4 is 10.1 Å². The van der Waals surface area contributed by atoms with Gasteiger partial charge >= 0.3 is 0 Å². The van der Waals surface area contributed by atoms with Crippen molar-refractivity contribution in [1.29, 1.82) is 0 Å². The van der Waals surface area contributed by atoms with Crippen LogP contribution in [0.25, 0.3) is 5.69 Å². The average Bonchev–Trinajstić information content (AvgIpc) is 3.15. The van der Waals surface area contributed by atoms with Crippen LogP contribution in [0.2, 0.25) is 5.02 Å². The minimum Gasteiger partial charge on any atom is -0.482 e. The number of benzene rings is 2. The highest BCUT2D eigenvalue weighted by Crippen LogP contribution is 2.31. The molecule has 3 rings (SSSR count). The molecule has 0 bridgehead atoms. The highest BCUT2D eigenvalue weighted by atomic mass is 79.9. The van der Waals surface area contributed by atoms with Crippen LogP contribution in [0.4, 0.5) is 0 Å². The highest BCUT2D eigenvalue weighted by Gasteiger charge is 2.13. The zero-order chi connectivity index (χ0) is 19.4. The topological polar surface area (TPSA) is 69.0 Å². The summed E-state index contributed by atoms with van der Waals surface area (Å²) in [6.45, 7) is 3.69. The Morgan fingerprint density at radius 3 is 2.70 bits per heavy atom. The first kappa shape index (κ1) is 19.4. The van der Waals surface area contributed by atoms with Gasteiger partial charge in [0.15, 0.2) is 6.61 Å². The van der Waals surface area contributed by atoms with Crippen LogP contribution >= 0.6 is 27.5 Å². The van der Waals surface area contributed by atoms with E-state index < -0.39 is 0 Å². The van der Waals surface area contributed by atoms with Gasteiger partial charge in [-0.25, -0.2) is 9.67 Å². The number of rotatable bonds is 6. The Kier molecular flexibility index (Phi) is 6.13. The Balaban J connectivity index is 1.58. The summed E-state index contributed by atoms with van der Waals surface area (Å²) in [4.78, 5) is 16.2. The molecule has 1 aromatic heterocycles. The van der Waals surface area contributed by atoms with Gasteiger partial charge in [-0.15, -0.1) is 0 Å². The van der Waals surface area contributed by atoms with E-state index in [1.54, 1.807) is 17.1 Å². The van der Waals surface area contributed by atoms with Crippen molar-refractivity contribution >= 4 is 33.4 Å². The summed E-state index contributed by atoms with van der Waals surface area (Å²) in [5, 5.41) is 7.47. The molecule has 8 heteroatoms. The predicted octanol–water partition coefficient (Wildman–Crippen LogP) is 4.25. The summed E-state index contributed by atoms with van der Waals surface area (Å²) in [6.07, 6.45) is 3.11. The molecular weight excluding hydrogens is 432 g/mol. The van der Waals surface area contributed by atoms with Crippen molar-refractivity contribution in [2.24, 2.45) is 0 Å².